The van der Waals surface area contributed by atoms with Crippen molar-refractivity contribution >= 4 is 33.0 Å². The van der Waals surface area contributed by atoms with Crippen molar-refractivity contribution in [2.24, 2.45) is 0 Å². The van der Waals surface area contributed by atoms with E-state index in [1.807, 2.05) is 0 Å². The number of carbonyl (C=O) groups is 1. The topological polar surface area (TPSA) is 123 Å². The molecule has 0 fully saturated rings. The van der Waals surface area contributed by atoms with Crippen LogP contribution in [0.15, 0.2) is 83.8 Å². The highest BCUT2D eigenvalue weighted by atomic mass is 32.2. The molecule has 0 spiro atoms. The lowest BCUT2D eigenvalue weighted by Crippen LogP contribution is -2.99. The molecule has 0 aliphatic rings. The largest absolute Gasteiger partial charge is 0.595 e. The van der Waals surface area contributed by atoms with E-state index in [2.05, 4.69) is 10.0 Å². The standard InChI is InChI=1S/C19H17N3O5S/c23-19(20-15-7-3-1-4-8-15)14-11-17(22(24)25)13-18(12-14)28(26,27)21-16-9-5-2-6-10-16/h1-13,21-22,24H,(H,20,23). The van der Waals surface area contributed by atoms with Crippen LogP contribution in [0.25, 0.3) is 0 Å². The van der Waals surface area contributed by atoms with Crippen LogP contribution in [-0.4, -0.2) is 19.5 Å². The Bertz CT molecular complexity index is 1070. The van der Waals surface area contributed by atoms with Gasteiger partial charge in [-0.2, -0.15) is 5.23 Å². The average Bonchev–Trinajstić information content (AvgIpc) is 2.69. The Kier molecular flexibility index (Phi) is 5.71. The number of carbonyl (C=O) groups excluding carboxylic acids is 1. The van der Waals surface area contributed by atoms with Crippen LogP contribution < -0.4 is 15.3 Å². The van der Waals surface area contributed by atoms with E-state index in [9.17, 15) is 23.6 Å². The molecule has 8 nitrogen and oxygen atoms in total. The number of hydrogen-bond acceptors (Lipinski definition) is 5. The molecule has 0 aromatic heterocycles. The van der Waals surface area contributed by atoms with Crippen LogP contribution in [0.3, 0.4) is 0 Å². The third-order valence-corrected chi connectivity index (χ3v) is 5.14. The summed E-state index contributed by atoms with van der Waals surface area (Å²) in [4.78, 5) is 12.2. The molecule has 144 valence electrons. The number of benzene rings is 3. The zero-order valence-electron chi connectivity index (χ0n) is 14.5. The quantitative estimate of drug-likeness (QED) is 0.473. The fourth-order valence-electron chi connectivity index (χ4n) is 2.45. The summed E-state index contributed by atoms with van der Waals surface area (Å²) in [5.41, 5.74) is 0.421. The van der Waals surface area contributed by atoms with Gasteiger partial charge in [0, 0.05) is 29.1 Å². The summed E-state index contributed by atoms with van der Waals surface area (Å²) in [7, 11) is -4.09. The maximum Gasteiger partial charge on any atom is 0.262 e. The van der Waals surface area contributed by atoms with Gasteiger partial charge in [0.2, 0.25) is 0 Å². The Balaban J connectivity index is 1.96. The van der Waals surface area contributed by atoms with E-state index < -0.39 is 21.2 Å². The van der Waals surface area contributed by atoms with Gasteiger partial charge < -0.3 is 10.5 Å². The number of sulfonamides is 1. The minimum Gasteiger partial charge on any atom is -0.595 e. The van der Waals surface area contributed by atoms with Crippen molar-refractivity contribution in [2.45, 2.75) is 4.90 Å². The molecule has 1 unspecified atom stereocenters. The number of rotatable bonds is 6. The van der Waals surface area contributed by atoms with Crippen molar-refractivity contribution in [1.29, 1.82) is 0 Å². The van der Waals surface area contributed by atoms with Crippen molar-refractivity contribution in [2.75, 3.05) is 10.0 Å². The number of anilines is 2. The van der Waals surface area contributed by atoms with Gasteiger partial charge in [-0.25, -0.2) is 13.6 Å². The number of para-hydroxylation sites is 2. The molecular formula is C19H17N3O5S. The molecule has 1 amide bonds. The summed E-state index contributed by atoms with van der Waals surface area (Å²) in [6, 6.07) is 20.0. The molecule has 3 aromatic rings. The van der Waals surface area contributed by atoms with Crippen molar-refractivity contribution < 1.29 is 23.6 Å². The maximum atomic E-state index is 12.7. The lowest BCUT2D eigenvalue weighted by Gasteiger charge is -2.15. The van der Waals surface area contributed by atoms with Crippen LogP contribution in [0.1, 0.15) is 10.4 Å². The molecule has 9 heteroatoms. The van der Waals surface area contributed by atoms with Gasteiger partial charge in [-0.05, 0) is 30.3 Å². The Morgan fingerprint density at radius 3 is 2.04 bits per heavy atom. The first-order chi connectivity index (χ1) is 13.3. The predicted molar refractivity (Wildman–Crippen MR) is 104 cm³/mol. The second-order valence-corrected chi connectivity index (χ2v) is 7.53. The molecule has 0 saturated carbocycles. The third-order valence-electron chi connectivity index (χ3n) is 3.78. The minimum absolute atomic E-state index is 0.0859. The van der Waals surface area contributed by atoms with E-state index in [0.29, 0.717) is 11.4 Å². The predicted octanol–water partition coefficient (Wildman–Crippen LogP) is 2.14. The molecule has 28 heavy (non-hydrogen) atoms. The lowest BCUT2D eigenvalue weighted by molar-refractivity contribution is -0.991. The molecule has 3 aromatic carbocycles. The summed E-state index contributed by atoms with van der Waals surface area (Å²) in [6.07, 6.45) is 0. The van der Waals surface area contributed by atoms with Gasteiger partial charge in [0.15, 0.2) is 5.69 Å². The van der Waals surface area contributed by atoms with Gasteiger partial charge >= 0.3 is 0 Å². The normalized spacial score (nSPS) is 12.2. The summed E-state index contributed by atoms with van der Waals surface area (Å²) in [6.45, 7) is 0. The number of hydrogen-bond donors (Lipinski definition) is 4. The first-order valence-corrected chi connectivity index (χ1v) is 9.66. The Morgan fingerprint density at radius 1 is 0.893 bits per heavy atom. The first kappa shape index (κ1) is 19.5. The highest BCUT2D eigenvalue weighted by Gasteiger charge is 2.20. The van der Waals surface area contributed by atoms with Crippen molar-refractivity contribution in [3.8, 4) is 0 Å². The van der Waals surface area contributed by atoms with Gasteiger partial charge in [-0.1, -0.05) is 36.4 Å². The zero-order chi connectivity index (χ0) is 20.1. The average molecular weight is 399 g/mol. The summed E-state index contributed by atoms with van der Waals surface area (Å²) < 4.78 is 27.7. The van der Waals surface area contributed by atoms with Crippen LogP contribution in [-0.2, 0) is 10.0 Å². The fraction of sp³-hybridized carbons (Fsp3) is 0. The first-order valence-electron chi connectivity index (χ1n) is 8.18. The van der Waals surface area contributed by atoms with Crippen molar-refractivity contribution in [3.63, 3.8) is 0 Å². The summed E-state index contributed by atoms with van der Waals surface area (Å²) in [5.74, 6) is -0.620. The summed E-state index contributed by atoms with van der Waals surface area (Å²) >= 11 is 0. The Hall–Kier alpha value is -3.24. The smallest absolute Gasteiger partial charge is 0.262 e. The van der Waals surface area contributed by atoms with E-state index in [1.165, 1.54) is 0 Å². The SMILES string of the molecule is O=C(Nc1ccccc1)c1cc([NH+]([O-])O)cc(S(=O)(=O)Nc2ccccc2)c1. The second-order valence-electron chi connectivity index (χ2n) is 5.84. The molecule has 0 aliphatic heterocycles. The van der Waals surface area contributed by atoms with Gasteiger partial charge in [0.25, 0.3) is 15.9 Å². The van der Waals surface area contributed by atoms with Gasteiger partial charge in [0.05, 0.1) is 4.90 Å². The van der Waals surface area contributed by atoms with Crippen LogP contribution in [0.4, 0.5) is 17.1 Å². The number of nitrogens with one attached hydrogen (secondary N) is 3. The zero-order valence-corrected chi connectivity index (χ0v) is 15.3. The van der Waals surface area contributed by atoms with Gasteiger partial charge in [-0.15, -0.1) is 0 Å². The molecule has 0 aliphatic carbocycles. The molecule has 0 heterocycles. The molecule has 3 rings (SSSR count). The van der Waals surface area contributed by atoms with E-state index >= 15 is 0 Å². The van der Waals surface area contributed by atoms with Crippen LogP contribution in [0, 0.1) is 5.21 Å². The molecular weight excluding hydrogens is 382 g/mol. The summed E-state index contributed by atoms with van der Waals surface area (Å²) in [5, 5.41) is 22.0. The highest BCUT2D eigenvalue weighted by molar-refractivity contribution is 7.92. The Labute approximate surface area is 161 Å². The van der Waals surface area contributed by atoms with Crippen LogP contribution >= 0.6 is 0 Å². The maximum absolute atomic E-state index is 12.7. The molecule has 0 bridgehead atoms. The molecule has 0 radical (unpaired) electrons. The molecule has 0 saturated heterocycles. The van der Waals surface area contributed by atoms with Crippen molar-refractivity contribution in [1.82, 2.24) is 0 Å². The van der Waals surface area contributed by atoms with Gasteiger partial charge in [-0.3, -0.25) is 9.52 Å². The Morgan fingerprint density at radius 2 is 1.46 bits per heavy atom. The number of amides is 1. The van der Waals surface area contributed by atoms with Crippen LogP contribution in [0.2, 0.25) is 0 Å². The lowest BCUT2D eigenvalue weighted by atomic mass is 10.2. The van der Waals surface area contributed by atoms with Crippen LogP contribution in [0.5, 0.6) is 0 Å². The molecule has 4 N–H and O–H groups in total. The monoisotopic (exact) mass is 399 g/mol. The van der Waals surface area contributed by atoms with E-state index in [1.54, 1.807) is 60.7 Å². The number of quaternary nitrogens is 1. The van der Waals surface area contributed by atoms with E-state index in [4.69, 9.17) is 0 Å². The van der Waals surface area contributed by atoms with E-state index in [-0.39, 0.29) is 16.1 Å². The molecule has 1 atom stereocenters. The van der Waals surface area contributed by atoms with Crippen molar-refractivity contribution in [3.05, 3.63) is 89.6 Å². The third kappa shape index (κ3) is 4.72. The highest BCUT2D eigenvalue weighted by Crippen LogP contribution is 2.21. The second kappa shape index (κ2) is 8.19. The fourth-order valence-corrected chi connectivity index (χ4v) is 3.58. The minimum atomic E-state index is -4.09. The van der Waals surface area contributed by atoms with E-state index in [0.717, 1.165) is 18.2 Å². The van der Waals surface area contributed by atoms with Gasteiger partial charge in [0.1, 0.15) is 0 Å².